The van der Waals surface area contributed by atoms with Crippen LogP contribution < -0.4 is 10.2 Å². The fourth-order valence-corrected chi connectivity index (χ4v) is 2.88. The minimum absolute atomic E-state index is 0.0607. The van der Waals surface area contributed by atoms with E-state index >= 15 is 0 Å². The Morgan fingerprint density at radius 2 is 1.93 bits per heavy atom. The molecule has 0 aromatic heterocycles. The number of hydrogen-bond acceptors (Lipinski definition) is 4. The molecule has 0 aliphatic carbocycles. The molecule has 0 saturated heterocycles. The summed E-state index contributed by atoms with van der Waals surface area (Å²) in [6, 6.07) is 10.3. The quantitative estimate of drug-likeness (QED) is 0.409. The monoisotopic (exact) mass is 387 g/mol. The Bertz CT molecular complexity index is 877. The highest BCUT2D eigenvalue weighted by molar-refractivity contribution is 6.32. The summed E-state index contributed by atoms with van der Waals surface area (Å²) in [5, 5.41) is 13.8. The Balaban J connectivity index is 2.10. The standard InChI is InChI=1S/C20H22ClN3O3/c1-4-23(5-2)16-8-10-18(14(3)12-16)22-20(25)11-7-15-6-9-17(21)19(13-15)24(26)27/h6-13H,4-5H2,1-3H3,(H,22,25)/b11-7+. The smallest absolute Gasteiger partial charge is 0.288 e. The molecule has 0 unspecified atom stereocenters. The lowest BCUT2D eigenvalue weighted by molar-refractivity contribution is -0.384. The number of rotatable bonds is 7. The second-order valence-electron chi connectivity index (χ2n) is 5.96. The molecule has 6 nitrogen and oxygen atoms in total. The van der Waals surface area contributed by atoms with Gasteiger partial charge < -0.3 is 10.2 Å². The summed E-state index contributed by atoms with van der Waals surface area (Å²) in [5.41, 5.74) is 3.13. The topological polar surface area (TPSA) is 75.5 Å². The van der Waals surface area contributed by atoms with Crippen LogP contribution in [-0.4, -0.2) is 23.9 Å². The van der Waals surface area contributed by atoms with Crippen LogP contribution in [-0.2, 0) is 4.79 Å². The molecule has 2 rings (SSSR count). The molecule has 2 aromatic carbocycles. The van der Waals surface area contributed by atoms with Crippen LogP contribution in [0.1, 0.15) is 25.0 Å². The molecule has 0 spiro atoms. The molecule has 1 amide bonds. The van der Waals surface area contributed by atoms with Gasteiger partial charge in [-0.1, -0.05) is 17.7 Å². The number of carbonyl (C=O) groups excluding carboxylic acids is 1. The Kier molecular flexibility index (Phi) is 6.96. The number of hydrogen-bond donors (Lipinski definition) is 1. The SMILES string of the molecule is CCN(CC)c1ccc(NC(=O)/C=C/c2ccc(Cl)c([N+](=O)[O-])c2)c(C)c1. The third kappa shape index (κ3) is 5.31. The van der Waals surface area contributed by atoms with Crippen LogP contribution in [0.15, 0.2) is 42.5 Å². The molecule has 0 aliphatic rings. The number of aryl methyl sites for hydroxylation is 1. The van der Waals surface area contributed by atoms with E-state index in [2.05, 4.69) is 24.1 Å². The number of nitrogens with zero attached hydrogens (tertiary/aromatic N) is 2. The van der Waals surface area contributed by atoms with E-state index in [0.717, 1.165) is 30.0 Å². The van der Waals surface area contributed by atoms with Crippen molar-refractivity contribution in [2.24, 2.45) is 0 Å². The van der Waals surface area contributed by atoms with Gasteiger partial charge in [0.05, 0.1) is 4.92 Å². The van der Waals surface area contributed by atoms with Gasteiger partial charge in [0.15, 0.2) is 0 Å². The predicted octanol–water partition coefficient (Wildman–Crippen LogP) is 5.05. The summed E-state index contributed by atoms with van der Waals surface area (Å²) in [4.78, 5) is 24.8. The number of benzene rings is 2. The van der Waals surface area contributed by atoms with E-state index in [1.54, 1.807) is 6.07 Å². The first-order chi connectivity index (χ1) is 12.8. The zero-order chi connectivity index (χ0) is 20.0. The Morgan fingerprint density at radius 1 is 1.22 bits per heavy atom. The predicted molar refractivity (Wildman–Crippen MR) is 111 cm³/mol. The van der Waals surface area contributed by atoms with Gasteiger partial charge in [-0.3, -0.25) is 14.9 Å². The number of nitro groups is 1. The zero-order valence-electron chi connectivity index (χ0n) is 15.5. The van der Waals surface area contributed by atoms with Crippen molar-refractivity contribution in [3.05, 3.63) is 68.7 Å². The van der Waals surface area contributed by atoms with Crippen molar-refractivity contribution in [3.63, 3.8) is 0 Å². The summed E-state index contributed by atoms with van der Waals surface area (Å²) in [6.07, 6.45) is 2.85. The van der Waals surface area contributed by atoms with Crippen LogP contribution >= 0.6 is 11.6 Å². The average Bonchev–Trinajstić information content (AvgIpc) is 2.64. The molecular formula is C20H22ClN3O3. The molecule has 1 N–H and O–H groups in total. The van der Waals surface area contributed by atoms with Crippen molar-refractivity contribution in [2.45, 2.75) is 20.8 Å². The van der Waals surface area contributed by atoms with E-state index in [0.29, 0.717) is 5.56 Å². The van der Waals surface area contributed by atoms with Gasteiger partial charge in [-0.05, 0) is 62.2 Å². The Morgan fingerprint density at radius 3 is 2.52 bits per heavy atom. The first kappa shape index (κ1) is 20.5. The fourth-order valence-electron chi connectivity index (χ4n) is 2.69. The van der Waals surface area contributed by atoms with E-state index < -0.39 is 4.92 Å². The van der Waals surface area contributed by atoms with Gasteiger partial charge >= 0.3 is 0 Å². The minimum Gasteiger partial charge on any atom is -0.372 e. The minimum atomic E-state index is -0.555. The van der Waals surface area contributed by atoms with Crippen LogP contribution in [0, 0.1) is 17.0 Å². The summed E-state index contributed by atoms with van der Waals surface area (Å²) >= 11 is 5.79. The highest BCUT2D eigenvalue weighted by Crippen LogP contribution is 2.26. The Hall–Kier alpha value is -2.86. The van der Waals surface area contributed by atoms with E-state index in [1.165, 1.54) is 24.3 Å². The van der Waals surface area contributed by atoms with E-state index in [-0.39, 0.29) is 16.6 Å². The van der Waals surface area contributed by atoms with E-state index in [4.69, 9.17) is 11.6 Å². The maximum atomic E-state index is 12.2. The molecule has 0 atom stereocenters. The normalized spacial score (nSPS) is 10.8. The number of anilines is 2. The summed E-state index contributed by atoms with van der Waals surface area (Å²) < 4.78 is 0. The molecule has 7 heteroatoms. The van der Waals surface area contributed by atoms with Crippen molar-refractivity contribution in [2.75, 3.05) is 23.3 Å². The van der Waals surface area contributed by atoms with Crippen molar-refractivity contribution < 1.29 is 9.72 Å². The third-order valence-corrected chi connectivity index (χ3v) is 4.51. The van der Waals surface area contributed by atoms with Crippen LogP contribution in [0.3, 0.4) is 0 Å². The van der Waals surface area contributed by atoms with Crippen molar-refractivity contribution >= 4 is 40.6 Å². The second kappa shape index (κ2) is 9.19. The largest absolute Gasteiger partial charge is 0.372 e. The average molecular weight is 388 g/mol. The zero-order valence-corrected chi connectivity index (χ0v) is 16.3. The molecule has 0 aliphatic heterocycles. The van der Waals surface area contributed by atoms with E-state index in [9.17, 15) is 14.9 Å². The lowest BCUT2D eigenvalue weighted by atomic mass is 10.1. The molecule has 142 valence electrons. The second-order valence-corrected chi connectivity index (χ2v) is 6.37. The highest BCUT2D eigenvalue weighted by Gasteiger charge is 2.12. The van der Waals surface area contributed by atoms with Gasteiger partial charge in [0.25, 0.3) is 5.69 Å². The van der Waals surface area contributed by atoms with Gasteiger partial charge in [0.2, 0.25) is 5.91 Å². The number of carbonyl (C=O) groups is 1. The molecule has 0 fully saturated rings. The van der Waals surface area contributed by atoms with E-state index in [1.807, 2.05) is 25.1 Å². The molecule has 2 aromatic rings. The van der Waals surface area contributed by atoms with Gasteiger partial charge in [-0.25, -0.2) is 0 Å². The first-order valence-corrected chi connectivity index (χ1v) is 9.02. The molecular weight excluding hydrogens is 366 g/mol. The lowest BCUT2D eigenvalue weighted by Gasteiger charge is -2.22. The van der Waals surface area contributed by atoms with Gasteiger partial charge in [0.1, 0.15) is 5.02 Å². The maximum Gasteiger partial charge on any atom is 0.288 e. The van der Waals surface area contributed by atoms with Gasteiger partial charge in [-0.2, -0.15) is 0 Å². The summed E-state index contributed by atoms with van der Waals surface area (Å²) in [6.45, 7) is 7.96. The maximum absolute atomic E-state index is 12.2. The number of amides is 1. The number of nitrogens with one attached hydrogen (secondary N) is 1. The summed E-state index contributed by atoms with van der Waals surface area (Å²) in [7, 11) is 0. The van der Waals surface area contributed by atoms with Crippen molar-refractivity contribution in [1.29, 1.82) is 0 Å². The molecule has 0 heterocycles. The van der Waals surface area contributed by atoms with Crippen molar-refractivity contribution in [3.8, 4) is 0 Å². The lowest BCUT2D eigenvalue weighted by Crippen LogP contribution is -2.22. The van der Waals surface area contributed by atoms with Gasteiger partial charge in [0, 0.05) is 36.6 Å². The fraction of sp³-hybridized carbons (Fsp3) is 0.250. The van der Waals surface area contributed by atoms with Gasteiger partial charge in [-0.15, -0.1) is 0 Å². The molecule has 0 bridgehead atoms. The van der Waals surface area contributed by atoms with Crippen molar-refractivity contribution in [1.82, 2.24) is 0 Å². The number of halogens is 1. The summed E-state index contributed by atoms with van der Waals surface area (Å²) in [5.74, 6) is -0.314. The van der Waals surface area contributed by atoms with Crippen LogP contribution in [0.2, 0.25) is 5.02 Å². The Labute approximate surface area is 163 Å². The molecule has 0 saturated carbocycles. The van der Waals surface area contributed by atoms with Crippen LogP contribution in [0.4, 0.5) is 17.1 Å². The molecule has 27 heavy (non-hydrogen) atoms. The van der Waals surface area contributed by atoms with Crippen LogP contribution in [0.5, 0.6) is 0 Å². The first-order valence-electron chi connectivity index (χ1n) is 8.64. The highest BCUT2D eigenvalue weighted by atomic mass is 35.5. The van der Waals surface area contributed by atoms with Crippen LogP contribution in [0.25, 0.3) is 6.08 Å². The number of nitro benzene ring substituents is 1. The molecule has 0 radical (unpaired) electrons. The third-order valence-electron chi connectivity index (χ3n) is 4.19.